The summed E-state index contributed by atoms with van der Waals surface area (Å²) in [4.78, 5) is 38.6. The van der Waals surface area contributed by atoms with Crippen LogP contribution in [0.2, 0.25) is 0 Å². The van der Waals surface area contributed by atoms with Crippen LogP contribution in [-0.2, 0) is 29.0 Å². The molecule has 0 aromatic carbocycles. The van der Waals surface area contributed by atoms with E-state index in [-0.39, 0.29) is 12.3 Å². The van der Waals surface area contributed by atoms with Crippen molar-refractivity contribution >= 4 is 17.8 Å². The van der Waals surface area contributed by atoms with Gasteiger partial charge in [0.2, 0.25) is 5.91 Å². The summed E-state index contributed by atoms with van der Waals surface area (Å²) in [6, 6.07) is -1.32. The zero-order valence-electron chi connectivity index (χ0n) is 12.2. The van der Waals surface area contributed by atoms with Crippen molar-refractivity contribution in [1.29, 1.82) is 0 Å². The van der Waals surface area contributed by atoms with E-state index < -0.39 is 18.0 Å². The smallest absolute Gasteiger partial charge is 0.322 e. The number of hydrogen-bond donors (Lipinski definition) is 3. The minimum Gasteiger partial charge on any atom is -0.356 e. The minimum absolute atomic E-state index is 0.0444. The van der Waals surface area contributed by atoms with Crippen LogP contribution in [0.15, 0.2) is 6.20 Å². The van der Waals surface area contributed by atoms with Crippen LogP contribution in [0.5, 0.6) is 0 Å². The van der Waals surface area contributed by atoms with Crippen molar-refractivity contribution in [2.45, 2.75) is 44.7 Å². The van der Waals surface area contributed by atoms with Gasteiger partial charge < -0.3 is 15.2 Å². The summed E-state index contributed by atoms with van der Waals surface area (Å²) >= 11 is 0. The third-order valence-corrected chi connectivity index (χ3v) is 3.91. The third-order valence-electron chi connectivity index (χ3n) is 3.91. The lowest BCUT2D eigenvalue weighted by Gasteiger charge is -2.11. The first-order chi connectivity index (χ1) is 10.6. The highest BCUT2D eigenvalue weighted by molar-refractivity contribution is 6.05. The molecule has 0 unspecified atom stereocenters. The molecule has 0 saturated carbocycles. The Morgan fingerprint density at radius 2 is 2.27 bits per heavy atom. The molecule has 2 aliphatic rings. The molecule has 0 bridgehead atoms. The first-order valence-corrected chi connectivity index (χ1v) is 7.55. The van der Waals surface area contributed by atoms with Gasteiger partial charge in [-0.15, -0.1) is 0 Å². The van der Waals surface area contributed by atoms with Crippen molar-refractivity contribution in [3.63, 3.8) is 0 Å². The summed E-state index contributed by atoms with van der Waals surface area (Å²) in [7, 11) is 0. The van der Waals surface area contributed by atoms with Crippen molar-refractivity contribution in [3.8, 4) is 0 Å². The number of fused-ring (bicyclic) bond motifs is 1. The van der Waals surface area contributed by atoms with Gasteiger partial charge in [-0.2, -0.15) is 0 Å². The summed E-state index contributed by atoms with van der Waals surface area (Å²) in [5.41, 5.74) is 0.976. The van der Waals surface area contributed by atoms with Crippen LogP contribution >= 0.6 is 0 Å². The molecule has 0 aliphatic carbocycles. The number of nitrogens with zero attached hydrogens (tertiary/aromatic N) is 2. The van der Waals surface area contributed by atoms with Crippen molar-refractivity contribution in [3.05, 3.63) is 17.7 Å². The third kappa shape index (κ3) is 3.26. The fraction of sp³-hybridized carbons (Fsp3) is 0.571. The zero-order valence-corrected chi connectivity index (χ0v) is 12.2. The van der Waals surface area contributed by atoms with Crippen molar-refractivity contribution in [2.24, 2.45) is 0 Å². The molecule has 8 nitrogen and oxygen atoms in total. The Labute approximate surface area is 127 Å². The molecule has 2 aliphatic heterocycles. The maximum Gasteiger partial charge on any atom is 0.322 e. The predicted molar refractivity (Wildman–Crippen MR) is 77.0 cm³/mol. The second kappa shape index (κ2) is 6.17. The van der Waals surface area contributed by atoms with Gasteiger partial charge in [-0.3, -0.25) is 14.9 Å². The molecule has 1 aromatic heterocycles. The van der Waals surface area contributed by atoms with Gasteiger partial charge in [-0.25, -0.2) is 9.78 Å². The fourth-order valence-corrected chi connectivity index (χ4v) is 2.78. The molecule has 1 fully saturated rings. The van der Waals surface area contributed by atoms with Crippen LogP contribution in [0, 0.1) is 0 Å². The highest BCUT2D eigenvalue weighted by Gasteiger charge is 2.31. The zero-order chi connectivity index (χ0) is 15.5. The number of hydrogen-bond acceptors (Lipinski definition) is 4. The molecule has 4 amide bonds. The van der Waals surface area contributed by atoms with Crippen LogP contribution in [0.1, 0.15) is 30.8 Å². The van der Waals surface area contributed by atoms with Gasteiger partial charge in [0.1, 0.15) is 11.9 Å². The fourth-order valence-electron chi connectivity index (χ4n) is 2.78. The molecule has 3 rings (SSSR count). The second-order valence-corrected chi connectivity index (χ2v) is 5.62. The van der Waals surface area contributed by atoms with Gasteiger partial charge in [0, 0.05) is 32.1 Å². The molecule has 22 heavy (non-hydrogen) atoms. The van der Waals surface area contributed by atoms with Crippen LogP contribution in [0.25, 0.3) is 0 Å². The lowest BCUT2D eigenvalue weighted by atomic mass is 10.2. The van der Waals surface area contributed by atoms with Crippen LogP contribution < -0.4 is 16.0 Å². The first-order valence-electron chi connectivity index (χ1n) is 7.55. The monoisotopic (exact) mass is 305 g/mol. The number of carbonyl (C=O) groups excluding carboxylic acids is 3. The van der Waals surface area contributed by atoms with E-state index in [1.807, 2.05) is 6.20 Å². The molecule has 0 spiro atoms. The highest BCUT2D eigenvalue weighted by atomic mass is 16.2. The molecule has 1 atom stereocenters. The average molecular weight is 305 g/mol. The number of urea groups is 1. The van der Waals surface area contributed by atoms with Gasteiger partial charge in [-0.05, 0) is 12.8 Å². The topological polar surface area (TPSA) is 105 Å². The Kier molecular flexibility index (Phi) is 4.08. The van der Waals surface area contributed by atoms with Gasteiger partial charge >= 0.3 is 6.03 Å². The number of aryl methyl sites for hydroxylation is 2. The molecule has 3 heterocycles. The van der Waals surface area contributed by atoms with Gasteiger partial charge in [-0.1, -0.05) is 0 Å². The van der Waals surface area contributed by atoms with E-state index in [9.17, 15) is 14.4 Å². The Balaban J connectivity index is 1.43. The number of carbonyl (C=O) groups is 3. The quantitative estimate of drug-likeness (QED) is 0.636. The standard InChI is InChI=1S/C14H19N5O3/c20-12(7-10-13(21)18-14(22)17-10)15-5-4-9-8-19-6-2-1-3-11(19)16-9/h8,10H,1-7H2,(H,15,20)(H2,17,18,21,22)/t10-/m1/s1. The number of imidazole rings is 1. The van der Waals surface area contributed by atoms with Gasteiger partial charge in [0.15, 0.2) is 0 Å². The number of aromatic nitrogens is 2. The second-order valence-electron chi connectivity index (χ2n) is 5.62. The Hall–Kier alpha value is -2.38. The van der Waals surface area contributed by atoms with Gasteiger partial charge in [0.25, 0.3) is 5.91 Å². The van der Waals surface area contributed by atoms with E-state index in [4.69, 9.17) is 0 Å². The van der Waals surface area contributed by atoms with E-state index in [0.29, 0.717) is 13.0 Å². The van der Waals surface area contributed by atoms with Gasteiger partial charge in [0.05, 0.1) is 12.1 Å². The lowest BCUT2D eigenvalue weighted by molar-refractivity contribution is -0.126. The number of imide groups is 1. The number of rotatable bonds is 5. The Bertz CT molecular complexity index is 586. The van der Waals surface area contributed by atoms with Crippen molar-refractivity contribution in [1.82, 2.24) is 25.5 Å². The molecule has 8 heteroatoms. The Morgan fingerprint density at radius 3 is 3.00 bits per heavy atom. The summed E-state index contributed by atoms with van der Waals surface area (Å²) in [5.74, 6) is 0.408. The van der Waals surface area contributed by atoms with Crippen LogP contribution in [0.4, 0.5) is 4.79 Å². The number of amides is 4. The maximum atomic E-state index is 11.8. The molecule has 3 N–H and O–H groups in total. The van der Waals surface area contributed by atoms with E-state index in [1.54, 1.807) is 0 Å². The lowest BCUT2D eigenvalue weighted by Crippen LogP contribution is -2.36. The molecule has 1 saturated heterocycles. The van der Waals surface area contributed by atoms with Crippen LogP contribution in [-0.4, -0.2) is 40.0 Å². The maximum absolute atomic E-state index is 11.8. The molecular formula is C14H19N5O3. The van der Waals surface area contributed by atoms with Crippen LogP contribution in [0.3, 0.4) is 0 Å². The molecule has 118 valence electrons. The highest BCUT2D eigenvalue weighted by Crippen LogP contribution is 2.14. The van der Waals surface area contributed by atoms with E-state index in [0.717, 1.165) is 24.5 Å². The molecular weight excluding hydrogens is 286 g/mol. The summed E-state index contributed by atoms with van der Waals surface area (Å²) in [6.45, 7) is 1.49. The summed E-state index contributed by atoms with van der Waals surface area (Å²) < 4.78 is 2.18. The van der Waals surface area contributed by atoms with Crippen molar-refractivity contribution in [2.75, 3.05) is 6.54 Å². The average Bonchev–Trinajstić information content (AvgIpc) is 3.01. The van der Waals surface area contributed by atoms with Crippen molar-refractivity contribution < 1.29 is 14.4 Å². The van der Waals surface area contributed by atoms with E-state index >= 15 is 0 Å². The molecule has 0 radical (unpaired) electrons. The van der Waals surface area contributed by atoms with E-state index in [1.165, 1.54) is 12.8 Å². The largest absolute Gasteiger partial charge is 0.356 e. The normalized spacial score (nSPS) is 20.3. The Morgan fingerprint density at radius 1 is 1.41 bits per heavy atom. The first kappa shape index (κ1) is 14.6. The SMILES string of the molecule is O=C(C[C@H]1NC(=O)NC1=O)NCCc1cn2c(n1)CCCC2. The summed E-state index contributed by atoms with van der Waals surface area (Å²) in [5, 5.41) is 7.25. The number of nitrogens with one attached hydrogen (secondary N) is 3. The predicted octanol–water partition coefficient (Wildman–Crippen LogP) is -0.524. The van der Waals surface area contributed by atoms with E-state index in [2.05, 4.69) is 25.5 Å². The molecule has 1 aromatic rings. The minimum atomic E-state index is -0.771. The summed E-state index contributed by atoms with van der Waals surface area (Å²) in [6.07, 6.45) is 6.05.